The Morgan fingerprint density at radius 1 is 0.375 bits per heavy atom. The van der Waals surface area contributed by atoms with Crippen LogP contribution in [0, 0.1) is 0 Å². The molecule has 0 fully saturated rings. The van der Waals surface area contributed by atoms with Crippen LogP contribution in [0.25, 0.3) is 0 Å². The van der Waals surface area contributed by atoms with E-state index in [9.17, 15) is 0 Å². The van der Waals surface area contributed by atoms with E-state index in [2.05, 4.69) is 60.8 Å². The fraction of sp³-hybridized carbons (Fsp3) is 0. The fourth-order valence-electron chi connectivity index (χ4n) is 3.80. The van der Waals surface area contributed by atoms with Crippen LogP contribution in [0.4, 0.5) is 0 Å². The van der Waals surface area contributed by atoms with Crippen LogP contribution in [-0.2, 0) is 0 Å². The quantitative estimate of drug-likeness (QED) is 0.176. The predicted octanol–water partition coefficient (Wildman–Crippen LogP) is 3.67. The van der Waals surface area contributed by atoms with Gasteiger partial charge in [-0.2, -0.15) is 15.3 Å². The minimum Gasteiger partial charge on any atom is -0.424 e. The van der Waals surface area contributed by atoms with Crippen molar-refractivity contribution in [3.8, 4) is 35.3 Å². The highest BCUT2D eigenvalue weighted by Gasteiger charge is 2.13. The fourth-order valence-corrected chi connectivity index (χ4v) is 3.80. The zero-order valence-electron chi connectivity index (χ0n) is 24.6. The average Bonchev–Trinajstić information content (AvgIpc) is 3.93. The molecule has 7 aromatic rings. The Morgan fingerprint density at radius 2 is 0.625 bits per heavy atom. The van der Waals surface area contributed by atoms with Crippen molar-refractivity contribution < 1.29 is 14.2 Å². The van der Waals surface area contributed by atoms with Gasteiger partial charge in [-0.05, 0) is 89.5 Å². The Hall–Kier alpha value is -7.50. The molecule has 0 amide bonds. The summed E-state index contributed by atoms with van der Waals surface area (Å²) in [5.41, 5.74) is 2.47. The van der Waals surface area contributed by atoms with E-state index in [0.717, 1.165) is 16.7 Å². The second kappa shape index (κ2) is 14.1. The first kappa shape index (κ1) is 29.2. The van der Waals surface area contributed by atoms with Crippen molar-refractivity contribution in [3.05, 3.63) is 127 Å². The molecule has 0 saturated heterocycles. The lowest BCUT2D eigenvalue weighted by Gasteiger charge is -2.10. The Bertz CT molecular complexity index is 1870. The maximum absolute atomic E-state index is 5.96. The van der Waals surface area contributed by atoms with E-state index in [1.807, 2.05) is 36.4 Å². The molecule has 4 heterocycles. The summed E-state index contributed by atoms with van der Waals surface area (Å²) in [7, 11) is 0. The molecule has 18 heteroatoms. The van der Waals surface area contributed by atoms with Gasteiger partial charge in [0.05, 0.1) is 18.6 Å². The van der Waals surface area contributed by atoms with Gasteiger partial charge in [-0.15, -0.1) is 45.5 Å². The summed E-state index contributed by atoms with van der Waals surface area (Å²) in [4.78, 5) is 13.0. The molecular formula is C30H21N15O3. The van der Waals surface area contributed by atoms with E-state index in [1.165, 1.54) is 52.0 Å². The molecule has 0 N–H and O–H groups in total. The number of nitrogens with zero attached hydrogens (tertiary/aromatic N) is 15. The first-order valence-electron chi connectivity index (χ1n) is 14.0. The first-order valence-corrected chi connectivity index (χ1v) is 14.0. The molecule has 4 aromatic heterocycles. The van der Waals surface area contributed by atoms with Crippen LogP contribution < -0.4 is 14.2 Å². The molecule has 0 aliphatic heterocycles. The summed E-state index contributed by atoms with van der Waals surface area (Å²) in [6.45, 7) is 0. The van der Waals surface area contributed by atoms with Crippen molar-refractivity contribution in [3.63, 3.8) is 0 Å². The van der Waals surface area contributed by atoms with Gasteiger partial charge < -0.3 is 14.2 Å². The highest BCUT2D eigenvalue weighted by Crippen LogP contribution is 2.27. The van der Waals surface area contributed by atoms with Gasteiger partial charge in [0.1, 0.15) is 55.2 Å². The van der Waals surface area contributed by atoms with Crippen LogP contribution >= 0.6 is 0 Å². The Morgan fingerprint density at radius 3 is 0.875 bits per heavy atom. The number of rotatable bonds is 12. The van der Waals surface area contributed by atoms with Gasteiger partial charge >= 0.3 is 18.0 Å². The molecule has 0 spiro atoms. The molecule has 0 radical (unpaired) electrons. The summed E-state index contributed by atoms with van der Waals surface area (Å²) in [6.07, 6.45) is 13.9. The minimum absolute atomic E-state index is 0.0451. The molecule has 7 rings (SSSR count). The van der Waals surface area contributed by atoms with Crippen molar-refractivity contribution in [2.75, 3.05) is 0 Å². The zero-order chi connectivity index (χ0) is 32.4. The molecule has 0 atom stereocenters. The van der Waals surface area contributed by atoms with Crippen LogP contribution in [0.5, 0.6) is 35.3 Å². The molecule has 18 nitrogen and oxygen atoms in total. The molecular weight excluding hydrogens is 618 g/mol. The minimum atomic E-state index is -0.0451. The monoisotopic (exact) mass is 639 g/mol. The van der Waals surface area contributed by atoms with E-state index in [1.54, 1.807) is 55.0 Å². The van der Waals surface area contributed by atoms with E-state index in [-0.39, 0.29) is 18.0 Å². The lowest BCUT2D eigenvalue weighted by atomic mass is 10.2. The third kappa shape index (κ3) is 7.95. The van der Waals surface area contributed by atoms with Crippen molar-refractivity contribution >= 4 is 18.6 Å². The first-order chi connectivity index (χ1) is 23.7. The summed E-state index contributed by atoms with van der Waals surface area (Å²) in [6, 6.07) is 21.3. The standard InChI is InChI=1S/C30H21N15O3/c1-7-25(8-2-22(1)13-37-43-16-31-32-17-43)46-28-40-29(47-26-9-3-23(4-10-26)14-38-44-18-33-34-19-44)42-30(41-28)48-27-11-5-24(6-12-27)15-39-45-20-35-36-21-45/h1-21H/b37-13-,38-14-,39-15-. The topological polar surface area (TPSA) is 196 Å². The normalized spacial score (nSPS) is 11.5. The number of aromatic nitrogens is 12. The second-order valence-electron chi connectivity index (χ2n) is 9.46. The lowest BCUT2D eigenvalue weighted by Crippen LogP contribution is -2.01. The lowest BCUT2D eigenvalue weighted by molar-refractivity contribution is 0.362. The highest BCUT2D eigenvalue weighted by molar-refractivity contribution is 5.80. The van der Waals surface area contributed by atoms with Gasteiger partial charge in [0.2, 0.25) is 0 Å². The predicted molar refractivity (Wildman–Crippen MR) is 168 cm³/mol. The maximum Gasteiger partial charge on any atom is 0.331 e. The van der Waals surface area contributed by atoms with Crippen molar-refractivity contribution in [1.82, 2.24) is 59.6 Å². The van der Waals surface area contributed by atoms with Gasteiger partial charge in [0, 0.05) is 0 Å². The SMILES string of the molecule is C(=N/n1cnnc1)/c1ccc(Oc2nc(Oc3ccc(/C=N\n4cnnc4)cc3)nc(Oc3ccc(/C=N\n4cnnc4)cc3)n2)cc1. The van der Waals surface area contributed by atoms with Crippen molar-refractivity contribution in [2.45, 2.75) is 0 Å². The molecule has 234 valence electrons. The second-order valence-corrected chi connectivity index (χ2v) is 9.46. The molecule has 0 aliphatic carbocycles. The number of benzene rings is 3. The molecule has 0 saturated carbocycles. The van der Waals surface area contributed by atoms with Gasteiger partial charge in [-0.3, -0.25) is 0 Å². The maximum atomic E-state index is 5.96. The smallest absolute Gasteiger partial charge is 0.331 e. The van der Waals surface area contributed by atoms with E-state index in [0.29, 0.717) is 17.2 Å². The van der Waals surface area contributed by atoms with Crippen LogP contribution in [-0.4, -0.2) is 78.2 Å². The number of ether oxygens (including phenoxy) is 3. The molecule has 0 bridgehead atoms. The van der Waals surface area contributed by atoms with Crippen LogP contribution in [0.3, 0.4) is 0 Å². The third-order valence-electron chi connectivity index (χ3n) is 6.08. The van der Waals surface area contributed by atoms with E-state index < -0.39 is 0 Å². The van der Waals surface area contributed by atoms with Crippen LogP contribution in [0.2, 0.25) is 0 Å². The van der Waals surface area contributed by atoms with Gasteiger partial charge in [0.25, 0.3) is 0 Å². The van der Waals surface area contributed by atoms with Crippen LogP contribution in [0.15, 0.2) is 126 Å². The molecule has 0 aliphatic rings. The Kier molecular flexibility index (Phi) is 8.57. The zero-order valence-corrected chi connectivity index (χ0v) is 24.6. The van der Waals surface area contributed by atoms with Crippen molar-refractivity contribution in [2.24, 2.45) is 15.3 Å². The highest BCUT2D eigenvalue weighted by atomic mass is 16.5. The van der Waals surface area contributed by atoms with Gasteiger partial charge in [-0.1, -0.05) is 0 Å². The number of hydrogen-bond acceptors (Lipinski definition) is 15. The number of hydrogen-bond donors (Lipinski definition) is 0. The third-order valence-corrected chi connectivity index (χ3v) is 6.08. The van der Waals surface area contributed by atoms with Crippen LogP contribution in [0.1, 0.15) is 16.7 Å². The van der Waals surface area contributed by atoms with Crippen molar-refractivity contribution in [1.29, 1.82) is 0 Å². The Balaban J connectivity index is 1.09. The summed E-state index contributed by atoms with van der Waals surface area (Å²) < 4.78 is 22.3. The molecule has 3 aromatic carbocycles. The van der Waals surface area contributed by atoms with E-state index in [4.69, 9.17) is 14.2 Å². The van der Waals surface area contributed by atoms with E-state index >= 15 is 0 Å². The average molecular weight is 640 g/mol. The van der Waals surface area contributed by atoms with Gasteiger partial charge in [-0.25, -0.2) is 14.0 Å². The largest absolute Gasteiger partial charge is 0.424 e. The summed E-state index contributed by atoms with van der Waals surface area (Å²) in [5, 5.41) is 35.1. The summed E-state index contributed by atoms with van der Waals surface area (Å²) >= 11 is 0. The Labute approximate surface area is 270 Å². The molecule has 0 unspecified atom stereocenters. The summed E-state index contributed by atoms with van der Waals surface area (Å²) in [5.74, 6) is 1.40. The molecule has 48 heavy (non-hydrogen) atoms. The van der Waals surface area contributed by atoms with Gasteiger partial charge in [0.15, 0.2) is 0 Å².